The minimum atomic E-state index is -3.90. The Hall–Kier alpha value is -2.76. The van der Waals surface area contributed by atoms with E-state index in [9.17, 15) is 18.0 Å². The maximum atomic E-state index is 13.7. The van der Waals surface area contributed by atoms with E-state index in [0.29, 0.717) is 34.2 Å². The van der Waals surface area contributed by atoms with Gasteiger partial charge in [0.05, 0.1) is 24.5 Å². The molecule has 0 radical (unpaired) electrons. The largest absolute Gasteiger partial charge is 0.495 e. The molecule has 4 rings (SSSR count). The lowest BCUT2D eigenvalue weighted by molar-refractivity contribution is -0.116. The van der Waals surface area contributed by atoms with Crippen LogP contribution in [-0.4, -0.2) is 48.4 Å². The number of hydrogen-bond donors (Lipinski definition) is 1. The summed E-state index contributed by atoms with van der Waals surface area (Å²) >= 11 is 1.17. The molecule has 11 heteroatoms. The van der Waals surface area contributed by atoms with Crippen molar-refractivity contribution >= 4 is 43.2 Å². The number of anilines is 1. The first kappa shape index (κ1) is 25.3. The number of hydrogen-bond acceptors (Lipinski definition) is 7. The van der Waals surface area contributed by atoms with Crippen molar-refractivity contribution in [2.75, 3.05) is 25.5 Å². The third-order valence-electron chi connectivity index (χ3n) is 6.18. The van der Waals surface area contributed by atoms with Crippen LogP contribution in [0.3, 0.4) is 0 Å². The number of sulfonamides is 1. The number of thiophene rings is 1. The van der Waals surface area contributed by atoms with Crippen LogP contribution in [-0.2, 0) is 21.4 Å². The number of aryl methyl sites for hydroxylation is 2. The molecule has 1 aromatic carbocycles. The summed E-state index contributed by atoms with van der Waals surface area (Å²) in [6.45, 7) is 8.17. The van der Waals surface area contributed by atoms with E-state index in [0.717, 1.165) is 16.6 Å². The van der Waals surface area contributed by atoms with Gasteiger partial charge in [-0.05, 0) is 49.8 Å². The molecule has 0 aliphatic carbocycles. The van der Waals surface area contributed by atoms with Crippen molar-refractivity contribution in [1.29, 1.82) is 0 Å². The van der Waals surface area contributed by atoms with E-state index < -0.39 is 21.5 Å². The Kier molecular flexibility index (Phi) is 7.03. The molecule has 188 valence electrons. The van der Waals surface area contributed by atoms with Crippen molar-refractivity contribution in [3.8, 4) is 5.75 Å². The molecular weight excluding hydrogens is 488 g/mol. The fraction of sp³-hybridized carbons (Fsp3) is 0.458. The van der Waals surface area contributed by atoms with E-state index in [1.54, 1.807) is 19.1 Å². The van der Waals surface area contributed by atoms with Gasteiger partial charge >= 0.3 is 0 Å². The van der Waals surface area contributed by atoms with Gasteiger partial charge in [0.25, 0.3) is 5.56 Å². The van der Waals surface area contributed by atoms with Crippen LogP contribution in [0.5, 0.6) is 5.75 Å². The average molecular weight is 519 g/mol. The van der Waals surface area contributed by atoms with Gasteiger partial charge in [-0.1, -0.05) is 19.9 Å². The third-order valence-corrected chi connectivity index (χ3v) is 9.32. The number of carbonyl (C=O) groups is 1. The van der Waals surface area contributed by atoms with E-state index in [1.807, 2.05) is 26.8 Å². The van der Waals surface area contributed by atoms with Crippen molar-refractivity contribution in [3.63, 3.8) is 0 Å². The van der Waals surface area contributed by atoms with Crippen molar-refractivity contribution in [2.45, 2.75) is 45.6 Å². The Morgan fingerprint density at radius 2 is 1.91 bits per heavy atom. The Balaban J connectivity index is 1.69. The lowest BCUT2D eigenvalue weighted by atomic mass is 9.94. The zero-order chi connectivity index (χ0) is 25.5. The van der Waals surface area contributed by atoms with Crippen LogP contribution >= 0.6 is 11.3 Å². The second-order valence-corrected chi connectivity index (χ2v) is 12.4. The van der Waals surface area contributed by atoms with Gasteiger partial charge in [0.15, 0.2) is 0 Å². The number of nitrogens with one attached hydrogen (secondary N) is 1. The minimum Gasteiger partial charge on any atom is -0.495 e. The molecule has 35 heavy (non-hydrogen) atoms. The zero-order valence-corrected chi connectivity index (χ0v) is 22.1. The highest BCUT2D eigenvalue weighted by molar-refractivity contribution is 7.89. The van der Waals surface area contributed by atoms with Gasteiger partial charge in [-0.2, -0.15) is 4.31 Å². The Morgan fingerprint density at radius 3 is 2.57 bits per heavy atom. The van der Waals surface area contributed by atoms with Crippen LogP contribution < -0.4 is 15.6 Å². The second kappa shape index (κ2) is 9.71. The summed E-state index contributed by atoms with van der Waals surface area (Å²) in [5, 5.41) is 2.81. The molecule has 1 fully saturated rings. The van der Waals surface area contributed by atoms with Crippen LogP contribution in [0.1, 0.15) is 30.7 Å². The molecule has 1 amide bonds. The number of piperidine rings is 1. The molecule has 0 spiro atoms. The van der Waals surface area contributed by atoms with Crippen molar-refractivity contribution < 1.29 is 17.9 Å². The Morgan fingerprint density at radius 1 is 1.23 bits per heavy atom. The zero-order valence-electron chi connectivity index (χ0n) is 20.5. The number of carbonyl (C=O) groups excluding carboxylic acids is 1. The topological polar surface area (TPSA) is 111 Å². The standard InChI is InChI=1S/C24H30N4O5S2/c1-14-6-7-19(33-5)18(9-14)26-20(29)12-27-13-25-23-21(24(27)30)22(17(4)34-23)35(31,32)28-10-15(2)8-16(3)11-28/h6-7,9,13,15-16H,8,10-12H2,1-5H3,(H,26,29)/t15-,16-/m0/s1. The smallest absolute Gasteiger partial charge is 0.263 e. The number of aromatic nitrogens is 2. The molecule has 1 aliphatic rings. The van der Waals surface area contributed by atoms with Crippen LogP contribution in [0.4, 0.5) is 5.69 Å². The quantitative estimate of drug-likeness (QED) is 0.536. The van der Waals surface area contributed by atoms with Gasteiger partial charge < -0.3 is 10.1 Å². The van der Waals surface area contributed by atoms with Crippen LogP contribution in [0, 0.1) is 25.7 Å². The minimum absolute atomic E-state index is 0.00594. The van der Waals surface area contributed by atoms with Gasteiger partial charge in [0.1, 0.15) is 22.0 Å². The SMILES string of the molecule is COc1ccc(C)cc1NC(=O)Cn1cnc2sc(C)c(S(=O)(=O)N3C[C@@H](C)C[C@H](C)C3)c2c1=O. The molecule has 1 aliphatic heterocycles. The molecule has 2 aromatic heterocycles. The lowest BCUT2D eigenvalue weighted by Crippen LogP contribution is -2.42. The van der Waals surface area contributed by atoms with Crippen molar-refractivity contribution in [2.24, 2.45) is 11.8 Å². The predicted molar refractivity (Wildman–Crippen MR) is 137 cm³/mol. The molecule has 9 nitrogen and oxygen atoms in total. The van der Waals surface area contributed by atoms with Gasteiger partial charge in [-0.25, -0.2) is 13.4 Å². The summed E-state index contributed by atoms with van der Waals surface area (Å²) in [4.78, 5) is 31.4. The summed E-state index contributed by atoms with van der Waals surface area (Å²) in [6.07, 6.45) is 2.25. The van der Waals surface area contributed by atoms with Gasteiger partial charge in [-0.3, -0.25) is 14.2 Å². The van der Waals surface area contributed by atoms with Crippen LogP contribution in [0.2, 0.25) is 0 Å². The van der Waals surface area contributed by atoms with Gasteiger partial charge in [0.2, 0.25) is 15.9 Å². The number of ether oxygens (including phenoxy) is 1. The summed E-state index contributed by atoms with van der Waals surface area (Å²) in [5.41, 5.74) is 0.872. The van der Waals surface area contributed by atoms with E-state index >= 15 is 0 Å². The normalized spacial score (nSPS) is 19.1. The summed E-state index contributed by atoms with van der Waals surface area (Å²) in [7, 11) is -2.39. The number of nitrogens with zero attached hydrogens (tertiary/aromatic N) is 3. The molecule has 0 saturated carbocycles. The summed E-state index contributed by atoms with van der Waals surface area (Å²) in [5.74, 6) is 0.510. The maximum Gasteiger partial charge on any atom is 0.263 e. The molecule has 0 bridgehead atoms. The summed E-state index contributed by atoms with van der Waals surface area (Å²) in [6, 6.07) is 5.38. The molecule has 0 unspecified atom stereocenters. The summed E-state index contributed by atoms with van der Waals surface area (Å²) < 4.78 is 35.3. The highest BCUT2D eigenvalue weighted by atomic mass is 32.2. The monoisotopic (exact) mass is 518 g/mol. The molecule has 3 heterocycles. The Labute approximate surface area is 208 Å². The fourth-order valence-corrected chi connectivity index (χ4v) is 8.08. The Bertz CT molecular complexity index is 1430. The highest BCUT2D eigenvalue weighted by Crippen LogP contribution is 2.35. The fourth-order valence-electron chi connectivity index (χ4n) is 4.73. The van der Waals surface area contributed by atoms with E-state index in [1.165, 1.54) is 29.1 Å². The van der Waals surface area contributed by atoms with Gasteiger partial charge in [-0.15, -0.1) is 11.3 Å². The molecule has 2 atom stereocenters. The van der Waals surface area contributed by atoms with Crippen LogP contribution in [0.25, 0.3) is 10.2 Å². The highest BCUT2D eigenvalue weighted by Gasteiger charge is 2.35. The van der Waals surface area contributed by atoms with Gasteiger partial charge in [0, 0.05) is 18.0 Å². The van der Waals surface area contributed by atoms with Crippen LogP contribution in [0.15, 0.2) is 34.2 Å². The number of methoxy groups -OCH3 is 1. The number of fused-ring (bicyclic) bond motifs is 1. The predicted octanol–water partition coefficient (Wildman–Crippen LogP) is 3.39. The molecule has 1 N–H and O–H groups in total. The lowest BCUT2D eigenvalue weighted by Gasteiger charge is -2.34. The van der Waals surface area contributed by atoms with Crippen molar-refractivity contribution in [3.05, 3.63) is 45.3 Å². The van der Waals surface area contributed by atoms with E-state index in [-0.39, 0.29) is 28.7 Å². The first-order valence-corrected chi connectivity index (χ1v) is 13.7. The van der Waals surface area contributed by atoms with Crippen molar-refractivity contribution in [1.82, 2.24) is 13.9 Å². The number of benzene rings is 1. The number of amides is 1. The average Bonchev–Trinajstić information content (AvgIpc) is 3.12. The third kappa shape index (κ3) is 4.98. The molecular formula is C24H30N4O5S2. The first-order valence-electron chi connectivity index (χ1n) is 11.4. The number of rotatable bonds is 6. The maximum absolute atomic E-state index is 13.7. The molecule has 3 aromatic rings. The second-order valence-electron chi connectivity index (χ2n) is 9.37. The molecule has 1 saturated heterocycles. The van der Waals surface area contributed by atoms with E-state index in [2.05, 4.69) is 10.3 Å². The first-order chi connectivity index (χ1) is 16.5. The van der Waals surface area contributed by atoms with E-state index in [4.69, 9.17) is 4.74 Å².